The summed E-state index contributed by atoms with van der Waals surface area (Å²) in [6.07, 6.45) is 2.11. The molecule has 2 rings (SSSR count). The van der Waals surface area contributed by atoms with Crippen molar-refractivity contribution in [2.75, 3.05) is 26.2 Å². The summed E-state index contributed by atoms with van der Waals surface area (Å²) in [4.78, 5) is 18.3. The number of para-hydroxylation sites is 1. The highest BCUT2D eigenvalue weighted by atomic mass is 16.5. The number of carbonyl (C=O) groups is 1. The first-order chi connectivity index (χ1) is 11.9. The van der Waals surface area contributed by atoms with Crippen LogP contribution in [0.25, 0.3) is 0 Å². The van der Waals surface area contributed by atoms with Crippen LogP contribution in [0, 0.1) is 5.41 Å². The number of carbonyl (C=O) groups excluding carboxylic acids is 1. The highest BCUT2D eigenvalue weighted by molar-refractivity contribution is 5.82. The fourth-order valence-electron chi connectivity index (χ4n) is 2.65. The maximum atomic E-state index is 11.5. The van der Waals surface area contributed by atoms with E-state index in [4.69, 9.17) is 10.5 Å². The Morgan fingerprint density at radius 1 is 1.32 bits per heavy atom. The van der Waals surface area contributed by atoms with Crippen molar-refractivity contribution in [1.82, 2.24) is 10.2 Å². The Hall–Kier alpha value is -2.24. The molecule has 0 atom stereocenters. The molecule has 1 heterocycles. The minimum atomic E-state index is -0.643. The Bertz CT molecular complexity index is 578. The summed E-state index contributed by atoms with van der Waals surface area (Å²) in [6.45, 7) is 8.60. The van der Waals surface area contributed by atoms with E-state index >= 15 is 0 Å². The number of primary amides is 1. The summed E-state index contributed by atoms with van der Waals surface area (Å²) in [5.74, 6) is 1.43. The third-order valence-corrected chi connectivity index (χ3v) is 4.41. The third kappa shape index (κ3) is 5.66. The van der Waals surface area contributed by atoms with E-state index in [-0.39, 0.29) is 12.0 Å². The normalized spacial score (nSPS) is 16.6. The van der Waals surface area contributed by atoms with Crippen molar-refractivity contribution in [1.29, 1.82) is 0 Å². The third-order valence-electron chi connectivity index (χ3n) is 4.41. The maximum Gasteiger partial charge on any atom is 0.224 e. The van der Waals surface area contributed by atoms with Crippen molar-refractivity contribution in [2.45, 2.75) is 39.7 Å². The topological polar surface area (TPSA) is 79.9 Å². The number of piperidine rings is 1. The van der Waals surface area contributed by atoms with Crippen molar-refractivity contribution < 1.29 is 9.53 Å². The van der Waals surface area contributed by atoms with Crippen molar-refractivity contribution >= 4 is 11.9 Å². The van der Waals surface area contributed by atoms with Gasteiger partial charge in [0, 0.05) is 32.5 Å². The van der Waals surface area contributed by atoms with Crippen LogP contribution in [0.4, 0.5) is 0 Å². The summed E-state index contributed by atoms with van der Waals surface area (Å²) in [6, 6.07) is 9.94. The lowest BCUT2D eigenvalue weighted by atomic mass is 9.93. The molecular weight excluding hydrogens is 316 g/mol. The van der Waals surface area contributed by atoms with Gasteiger partial charge in [0.25, 0.3) is 0 Å². The Kier molecular flexibility index (Phi) is 6.67. The van der Waals surface area contributed by atoms with E-state index in [1.165, 1.54) is 0 Å². The molecule has 0 spiro atoms. The van der Waals surface area contributed by atoms with Gasteiger partial charge in [-0.3, -0.25) is 9.79 Å². The monoisotopic (exact) mass is 346 g/mol. The predicted octanol–water partition coefficient (Wildman–Crippen LogP) is 2.01. The van der Waals surface area contributed by atoms with Gasteiger partial charge < -0.3 is 20.7 Å². The van der Waals surface area contributed by atoms with Gasteiger partial charge in [0.2, 0.25) is 5.91 Å². The average Bonchev–Trinajstić information content (AvgIpc) is 2.60. The van der Waals surface area contributed by atoms with E-state index in [1.54, 1.807) is 0 Å². The van der Waals surface area contributed by atoms with Crippen LogP contribution in [0.1, 0.15) is 33.6 Å². The second kappa shape index (κ2) is 8.74. The van der Waals surface area contributed by atoms with Crippen LogP contribution >= 0.6 is 0 Å². The molecule has 1 saturated heterocycles. The molecule has 1 aliphatic rings. The number of nitrogens with one attached hydrogen (secondary N) is 1. The van der Waals surface area contributed by atoms with Crippen LogP contribution in [-0.4, -0.2) is 49.0 Å². The standard InChI is InChI=1S/C19H30N4O2/c1-4-21-18(22-14-19(2,3)17(20)24)23-12-10-16(11-13-23)25-15-8-6-5-7-9-15/h5-9,16H,4,10-14H2,1-3H3,(H2,20,24)(H,21,22). The predicted molar refractivity (Wildman–Crippen MR) is 101 cm³/mol. The highest BCUT2D eigenvalue weighted by Crippen LogP contribution is 2.19. The molecule has 6 heteroatoms. The number of hydrogen-bond acceptors (Lipinski definition) is 3. The smallest absolute Gasteiger partial charge is 0.224 e. The molecule has 1 aliphatic heterocycles. The van der Waals surface area contributed by atoms with E-state index in [9.17, 15) is 4.79 Å². The van der Waals surface area contributed by atoms with Gasteiger partial charge in [0.05, 0.1) is 12.0 Å². The zero-order valence-corrected chi connectivity index (χ0v) is 15.5. The first kappa shape index (κ1) is 19.1. The summed E-state index contributed by atoms with van der Waals surface area (Å²) in [5.41, 5.74) is 4.80. The molecule has 0 saturated carbocycles. The minimum Gasteiger partial charge on any atom is -0.490 e. The summed E-state index contributed by atoms with van der Waals surface area (Å²) < 4.78 is 6.04. The molecule has 25 heavy (non-hydrogen) atoms. The number of hydrogen-bond donors (Lipinski definition) is 2. The van der Waals surface area contributed by atoms with Gasteiger partial charge in [0.1, 0.15) is 11.9 Å². The number of guanidine groups is 1. The number of aliphatic imine (C=N–C) groups is 1. The highest BCUT2D eigenvalue weighted by Gasteiger charge is 2.26. The molecule has 1 amide bonds. The van der Waals surface area contributed by atoms with Crippen molar-refractivity contribution in [2.24, 2.45) is 16.1 Å². The zero-order valence-electron chi connectivity index (χ0n) is 15.5. The van der Waals surface area contributed by atoms with Crippen LogP contribution in [-0.2, 0) is 4.79 Å². The van der Waals surface area contributed by atoms with Crippen molar-refractivity contribution in [3.8, 4) is 5.75 Å². The first-order valence-electron chi connectivity index (χ1n) is 8.97. The molecule has 0 bridgehead atoms. The molecule has 0 radical (unpaired) electrons. The largest absolute Gasteiger partial charge is 0.490 e. The Morgan fingerprint density at radius 3 is 2.52 bits per heavy atom. The molecule has 0 aromatic heterocycles. The first-order valence-corrected chi connectivity index (χ1v) is 8.97. The summed E-state index contributed by atoms with van der Waals surface area (Å²) >= 11 is 0. The lowest BCUT2D eigenvalue weighted by molar-refractivity contribution is -0.125. The molecule has 138 valence electrons. The number of ether oxygens (including phenoxy) is 1. The van der Waals surface area contributed by atoms with Crippen LogP contribution in [0.5, 0.6) is 5.75 Å². The molecule has 3 N–H and O–H groups in total. The second-order valence-electron chi connectivity index (χ2n) is 7.04. The molecule has 1 fully saturated rings. The van der Waals surface area contributed by atoms with Gasteiger partial charge in [-0.2, -0.15) is 0 Å². The van der Waals surface area contributed by atoms with E-state index in [0.717, 1.165) is 44.2 Å². The quantitative estimate of drug-likeness (QED) is 0.610. The van der Waals surface area contributed by atoms with Crippen LogP contribution in [0.3, 0.4) is 0 Å². The minimum absolute atomic E-state index is 0.226. The molecular formula is C19H30N4O2. The molecule has 1 aromatic rings. The Balaban J connectivity index is 1.92. The second-order valence-corrected chi connectivity index (χ2v) is 7.04. The maximum absolute atomic E-state index is 11.5. The fourth-order valence-corrected chi connectivity index (χ4v) is 2.65. The van der Waals surface area contributed by atoms with Crippen molar-refractivity contribution in [3.63, 3.8) is 0 Å². The van der Waals surface area contributed by atoms with Crippen LogP contribution < -0.4 is 15.8 Å². The zero-order chi connectivity index (χ0) is 18.3. The van der Waals surface area contributed by atoms with Gasteiger partial charge in [-0.1, -0.05) is 18.2 Å². The lowest BCUT2D eigenvalue weighted by Gasteiger charge is -2.34. The van der Waals surface area contributed by atoms with Crippen LogP contribution in [0.2, 0.25) is 0 Å². The summed E-state index contributed by atoms with van der Waals surface area (Å²) in [7, 11) is 0. The van der Waals surface area contributed by atoms with Crippen LogP contribution in [0.15, 0.2) is 35.3 Å². The SMILES string of the molecule is CCNC(=NCC(C)(C)C(N)=O)N1CCC(Oc2ccccc2)CC1. The fraction of sp³-hybridized carbons (Fsp3) is 0.579. The van der Waals surface area contributed by atoms with Gasteiger partial charge >= 0.3 is 0 Å². The van der Waals surface area contributed by atoms with E-state index in [2.05, 4.69) is 15.2 Å². The van der Waals surface area contributed by atoms with E-state index in [0.29, 0.717) is 6.54 Å². The van der Waals surface area contributed by atoms with E-state index in [1.807, 2.05) is 51.1 Å². The number of likely N-dealkylation sites (tertiary alicyclic amines) is 1. The molecule has 0 aliphatic carbocycles. The lowest BCUT2D eigenvalue weighted by Crippen LogP contribution is -2.48. The molecule has 0 unspecified atom stereocenters. The Morgan fingerprint density at radius 2 is 1.96 bits per heavy atom. The van der Waals surface area contributed by atoms with Gasteiger partial charge in [-0.05, 0) is 32.9 Å². The number of nitrogens with zero attached hydrogens (tertiary/aromatic N) is 2. The number of benzene rings is 1. The van der Waals surface area contributed by atoms with Gasteiger partial charge in [-0.15, -0.1) is 0 Å². The molecule has 1 aromatic carbocycles. The van der Waals surface area contributed by atoms with Crippen molar-refractivity contribution in [3.05, 3.63) is 30.3 Å². The van der Waals surface area contributed by atoms with Gasteiger partial charge in [-0.25, -0.2) is 0 Å². The number of nitrogens with two attached hydrogens (primary N) is 1. The number of amides is 1. The average molecular weight is 346 g/mol. The molecule has 6 nitrogen and oxygen atoms in total. The number of rotatable bonds is 6. The Labute approximate surface area is 150 Å². The van der Waals surface area contributed by atoms with Gasteiger partial charge in [0.15, 0.2) is 5.96 Å². The summed E-state index contributed by atoms with van der Waals surface area (Å²) in [5, 5.41) is 3.31. The van der Waals surface area contributed by atoms with E-state index < -0.39 is 5.41 Å².